The van der Waals surface area contributed by atoms with Crippen molar-refractivity contribution in [3.05, 3.63) is 66.7 Å². The molecule has 1 aromatic heterocycles. The Labute approximate surface area is 175 Å². The van der Waals surface area contributed by atoms with Gasteiger partial charge in [-0.05, 0) is 0 Å². The van der Waals surface area contributed by atoms with Crippen molar-refractivity contribution in [1.29, 1.82) is 0 Å². The molecule has 1 aliphatic rings. The number of nitrogens with zero attached hydrogens (tertiary/aromatic N) is 3. The fourth-order valence-corrected chi connectivity index (χ4v) is 2.86. The van der Waals surface area contributed by atoms with E-state index in [1.807, 2.05) is 62.4 Å². The molecule has 0 bridgehead atoms. The topological polar surface area (TPSA) is 38.2 Å². The lowest BCUT2D eigenvalue weighted by atomic mass is 10.1. The zero-order valence-corrected chi connectivity index (χ0v) is 18.1. The summed E-state index contributed by atoms with van der Waals surface area (Å²) in [6.45, 7) is 11.5. The molecule has 4 heteroatoms. The Bertz CT molecular complexity index is 758. The maximum absolute atomic E-state index is 5.47. The SMILES string of the molecule is CC.CCC.c1ccc(-c2cc(N3CCOCC3)nc(-c3ccccc3)n2)cc1. The fraction of sp³-hybridized carbons (Fsp3) is 0.360. The third kappa shape index (κ3) is 6.68. The first-order valence-electron chi connectivity index (χ1n) is 10.6. The van der Waals surface area contributed by atoms with Crippen LogP contribution in [0.3, 0.4) is 0 Å². The number of ether oxygens (including phenoxy) is 1. The minimum Gasteiger partial charge on any atom is -0.378 e. The first-order chi connectivity index (χ1) is 14.3. The van der Waals surface area contributed by atoms with E-state index in [4.69, 9.17) is 14.7 Å². The minimum atomic E-state index is 0.741. The highest BCUT2D eigenvalue weighted by atomic mass is 16.5. The van der Waals surface area contributed by atoms with Crippen LogP contribution in [0, 0.1) is 0 Å². The number of rotatable bonds is 3. The van der Waals surface area contributed by atoms with Gasteiger partial charge in [0.25, 0.3) is 0 Å². The molecule has 0 saturated carbocycles. The van der Waals surface area contributed by atoms with Crippen molar-refractivity contribution in [2.45, 2.75) is 34.1 Å². The van der Waals surface area contributed by atoms with Gasteiger partial charge in [0.05, 0.1) is 18.9 Å². The predicted molar refractivity (Wildman–Crippen MR) is 123 cm³/mol. The van der Waals surface area contributed by atoms with Crippen LogP contribution < -0.4 is 4.90 Å². The molecular weight excluding hydrogens is 358 g/mol. The Morgan fingerprint density at radius 2 is 1.31 bits per heavy atom. The maximum Gasteiger partial charge on any atom is 0.162 e. The molecular formula is C25H33N3O. The summed E-state index contributed by atoms with van der Waals surface area (Å²) in [5.41, 5.74) is 3.09. The van der Waals surface area contributed by atoms with Gasteiger partial charge in [-0.25, -0.2) is 9.97 Å². The summed E-state index contributed by atoms with van der Waals surface area (Å²) >= 11 is 0. The lowest BCUT2D eigenvalue weighted by Gasteiger charge is -2.28. The molecule has 0 radical (unpaired) electrons. The zero-order chi connectivity index (χ0) is 20.9. The van der Waals surface area contributed by atoms with Crippen LogP contribution in [0.15, 0.2) is 66.7 Å². The van der Waals surface area contributed by atoms with Crippen LogP contribution in [0.1, 0.15) is 34.1 Å². The van der Waals surface area contributed by atoms with E-state index in [9.17, 15) is 0 Å². The van der Waals surface area contributed by atoms with Crippen molar-refractivity contribution >= 4 is 5.82 Å². The summed E-state index contributed by atoms with van der Waals surface area (Å²) in [5, 5.41) is 0. The summed E-state index contributed by atoms with van der Waals surface area (Å²) in [6.07, 6.45) is 1.25. The molecule has 2 aromatic carbocycles. The largest absolute Gasteiger partial charge is 0.378 e. The number of aromatic nitrogens is 2. The molecule has 0 atom stereocenters. The molecule has 0 N–H and O–H groups in total. The molecule has 0 spiro atoms. The molecule has 1 aliphatic heterocycles. The Kier molecular flexibility index (Phi) is 9.87. The van der Waals surface area contributed by atoms with E-state index < -0.39 is 0 Å². The van der Waals surface area contributed by atoms with Gasteiger partial charge in [0.2, 0.25) is 0 Å². The van der Waals surface area contributed by atoms with Crippen molar-refractivity contribution < 1.29 is 4.74 Å². The monoisotopic (exact) mass is 391 g/mol. The van der Waals surface area contributed by atoms with Crippen LogP contribution in [-0.4, -0.2) is 36.3 Å². The van der Waals surface area contributed by atoms with Gasteiger partial charge >= 0.3 is 0 Å². The standard InChI is InChI=1S/C20H19N3O.C3H8.C2H6/c1-3-7-16(8-4-1)18-15-19(23-11-13-24-14-12-23)22-20(21-18)17-9-5-2-6-10-17;1-3-2;1-2/h1-10,15H,11-14H2;3H2,1-2H3;1-2H3. The van der Waals surface area contributed by atoms with Gasteiger partial charge in [0, 0.05) is 30.3 Å². The number of anilines is 1. The van der Waals surface area contributed by atoms with Crippen LogP contribution in [0.5, 0.6) is 0 Å². The van der Waals surface area contributed by atoms with Crippen molar-refractivity contribution in [2.75, 3.05) is 31.2 Å². The number of hydrogen-bond donors (Lipinski definition) is 0. The predicted octanol–water partition coefficient (Wildman–Crippen LogP) is 6.09. The zero-order valence-electron chi connectivity index (χ0n) is 18.1. The van der Waals surface area contributed by atoms with Crippen molar-refractivity contribution in [3.8, 4) is 22.6 Å². The molecule has 2 heterocycles. The molecule has 1 fully saturated rings. The highest BCUT2D eigenvalue weighted by Crippen LogP contribution is 2.26. The van der Waals surface area contributed by atoms with Gasteiger partial charge in [-0.3, -0.25) is 0 Å². The van der Waals surface area contributed by atoms with Crippen LogP contribution >= 0.6 is 0 Å². The van der Waals surface area contributed by atoms with E-state index in [1.165, 1.54) is 6.42 Å². The fourth-order valence-electron chi connectivity index (χ4n) is 2.86. The van der Waals surface area contributed by atoms with E-state index in [2.05, 4.69) is 36.9 Å². The number of benzene rings is 2. The van der Waals surface area contributed by atoms with Crippen LogP contribution in [-0.2, 0) is 4.74 Å². The average molecular weight is 392 g/mol. The Hall–Kier alpha value is -2.72. The summed E-state index contributed by atoms with van der Waals surface area (Å²) in [6, 6.07) is 22.5. The summed E-state index contributed by atoms with van der Waals surface area (Å²) < 4.78 is 5.47. The third-order valence-corrected chi connectivity index (χ3v) is 4.15. The van der Waals surface area contributed by atoms with Crippen LogP contribution in [0.25, 0.3) is 22.6 Å². The van der Waals surface area contributed by atoms with Gasteiger partial charge in [0.1, 0.15) is 5.82 Å². The van der Waals surface area contributed by atoms with Gasteiger partial charge in [-0.15, -0.1) is 0 Å². The van der Waals surface area contributed by atoms with E-state index >= 15 is 0 Å². The second-order valence-electron chi connectivity index (χ2n) is 6.47. The third-order valence-electron chi connectivity index (χ3n) is 4.15. The van der Waals surface area contributed by atoms with Gasteiger partial charge in [-0.2, -0.15) is 0 Å². The summed E-state index contributed by atoms with van der Waals surface area (Å²) in [5.74, 6) is 1.73. The minimum absolute atomic E-state index is 0.741. The molecule has 0 amide bonds. The molecule has 0 unspecified atom stereocenters. The highest BCUT2D eigenvalue weighted by molar-refractivity contribution is 5.67. The van der Waals surface area contributed by atoms with Crippen molar-refractivity contribution in [2.24, 2.45) is 0 Å². The Morgan fingerprint density at radius 1 is 0.793 bits per heavy atom. The first-order valence-corrected chi connectivity index (χ1v) is 10.6. The summed E-state index contributed by atoms with van der Waals surface area (Å²) in [4.78, 5) is 11.9. The quantitative estimate of drug-likeness (QED) is 0.541. The van der Waals surface area contributed by atoms with Crippen molar-refractivity contribution in [1.82, 2.24) is 9.97 Å². The van der Waals surface area contributed by atoms with E-state index in [0.717, 1.165) is 54.8 Å². The average Bonchev–Trinajstić information content (AvgIpc) is 2.82. The van der Waals surface area contributed by atoms with E-state index in [-0.39, 0.29) is 0 Å². The van der Waals surface area contributed by atoms with Crippen LogP contribution in [0.2, 0.25) is 0 Å². The molecule has 1 saturated heterocycles. The lowest BCUT2D eigenvalue weighted by Crippen LogP contribution is -2.36. The van der Waals surface area contributed by atoms with E-state index in [0.29, 0.717) is 0 Å². The van der Waals surface area contributed by atoms with Gasteiger partial charge in [0.15, 0.2) is 5.82 Å². The number of morpholine rings is 1. The maximum atomic E-state index is 5.47. The molecule has 3 aromatic rings. The van der Waals surface area contributed by atoms with Crippen LogP contribution in [0.4, 0.5) is 5.82 Å². The second-order valence-corrected chi connectivity index (χ2v) is 6.47. The van der Waals surface area contributed by atoms with Crippen molar-refractivity contribution in [3.63, 3.8) is 0 Å². The normalized spacial score (nSPS) is 12.9. The molecule has 4 rings (SSSR count). The van der Waals surface area contributed by atoms with Gasteiger partial charge < -0.3 is 9.64 Å². The molecule has 0 aliphatic carbocycles. The smallest absolute Gasteiger partial charge is 0.162 e. The number of hydrogen-bond acceptors (Lipinski definition) is 4. The first kappa shape index (κ1) is 22.6. The van der Waals surface area contributed by atoms with E-state index in [1.54, 1.807) is 0 Å². The lowest BCUT2D eigenvalue weighted by molar-refractivity contribution is 0.122. The molecule has 154 valence electrons. The molecule has 29 heavy (non-hydrogen) atoms. The Morgan fingerprint density at radius 3 is 1.86 bits per heavy atom. The Balaban J connectivity index is 0.000000551. The second kappa shape index (κ2) is 12.7. The van der Waals surface area contributed by atoms with Gasteiger partial charge in [-0.1, -0.05) is 94.8 Å². The summed E-state index contributed by atoms with van der Waals surface area (Å²) in [7, 11) is 0. The molecule has 4 nitrogen and oxygen atoms in total. The highest BCUT2D eigenvalue weighted by Gasteiger charge is 2.16.